The van der Waals surface area contributed by atoms with Crippen molar-refractivity contribution in [3.8, 4) is 12.3 Å². The number of nitrogens with zero attached hydrogens (tertiary/aromatic N) is 1. The molecule has 3 amide bonds. The maximum atomic E-state index is 13.4. The predicted octanol–water partition coefficient (Wildman–Crippen LogP) is 2.92. The standard InChI is InChI=1S/C26H37N3O5/c1-7-10-11-16-27-23(31)22(20-14-12-19(9-3)13-15-20)29(17-8-2)24(32)21(18-30)28-25(33)34-26(4,5)6/h3,8,12-15,21-22,30H,2,7,10-11,16-18H2,1,4-6H3,(H,27,31)(H,28,33). The van der Waals surface area contributed by atoms with Crippen molar-refractivity contribution >= 4 is 17.9 Å². The van der Waals surface area contributed by atoms with Crippen LogP contribution in [0.2, 0.25) is 0 Å². The van der Waals surface area contributed by atoms with Crippen LogP contribution < -0.4 is 10.6 Å². The van der Waals surface area contributed by atoms with Gasteiger partial charge in [-0.15, -0.1) is 13.0 Å². The summed E-state index contributed by atoms with van der Waals surface area (Å²) in [5.74, 6) is 1.49. The minimum atomic E-state index is -1.31. The molecular formula is C26H37N3O5. The zero-order valence-electron chi connectivity index (χ0n) is 20.6. The highest BCUT2D eigenvalue weighted by Crippen LogP contribution is 2.23. The van der Waals surface area contributed by atoms with Crippen LogP contribution in [0.5, 0.6) is 0 Å². The Kier molecular flexibility index (Phi) is 11.9. The molecule has 1 aromatic carbocycles. The largest absolute Gasteiger partial charge is 0.444 e. The molecule has 0 aliphatic heterocycles. The highest BCUT2D eigenvalue weighted by Gasteiger charge is 2.35. The molecule has 2 unspecified atom stereocenters. The fraction of sp³-hybridized carbons (Fsp3) is 0.500. The van der Waals surface area contributed by atoms with Gasteiger partial charge in [0.1, 0.15) is 17.7 Å². The molecule has 1 rings (SSSR count). The summed E-state index contributed by atoms with van der Waals surface area (Å²) in [6, 6.07) is 4.41. The maximum Gasteiger partial charge on any atom is 0.408 e. The van der Waals surface area contributed by atoms with Gasteiger partial charge in [-0.3, -0.25) is 9.59 Å². The fourth-order valence-corrected chi connectivity index (χ4v) is 3.21. The van der Waals surface area contributed by atoms with E-state index in [2.05, 4.69) is 30.1 Å². The number of carbonyl (C=O) groups excluding carboxylic acids is 3. The summed E-state index contributed by atoms with van der Waals surface area (Å²) in [5, 5.41) is 15.1. The van der Waals surface area contributed by atoms with E-state index in [1.165, 1.54) is 11.0 Å². The molecule has 0 aliphatic rings. The topological polar surface area (TPSA) is 108 Å². The lowest BCUT2D eigenvalue weighted by molar-refractivity contribution is -0.142. The van der Waals surface area contributed by atoms with E-state index >= 15 is 0 Å². The molecule has 0 fully saturated rings. The number of aliphatic hydroxyl groups is 1. The van der Waals surface area contributed by atoms with Gasteiger partial charge in [0.15, 0.2) is 0 Å². The summed E-state index contributed by atoms with van der Waals surface area (Å²) in [7, 11) is 0. The first-order valence-electron chi connectivity index (χ1n) is 11.4. The Morgan fingerprint density at radius 3 is 2.38 bits per heavy atom. The lowest BCUT2D eigenvalue weighted by atomic mass is 10.0. The van der Waals surface area contributed by atoms with E-state index in [-0.39, 0.29) is 12.5 Å². The Bertz CT molecular complexity index is 868. The zero-order valence-corrected chi connectivity index (χ0v) is 20.6. The van der Waals surface area contributed by atoms with E-state index in [0.29, 0.717) is 17.7 Å². The van der Waals surface area contributed by atoms with Gasteiger partial charge < -0.3 is 25.4 Å². The lowest BCUT2D eigenvalue weighted by Gasteiger charge is -2.33. The van der Waals surface area contributed by atoms with Crippen LogP contribution in [0, 0.1) is 12.3 Å². The lowest BCUT2D eigenvalue weighted by Crippen LogP contribution is -2.54. The van der Waals surface area contributed by atoms with Crippen molar-refractivity contribution in [2.24, 2.45) is 0 Å². The van der Waals surface area contributed by atoms with E-state index in [1.807, 2.05) is 0 Å². The molecule has 2 atom stereocenters. The Morgan fingerprint density at radius 1 is 1.24 bits per heavy atom. The van der Waals surface area contributed by atoms with Gasteiger partial charge >= 0.3 is 6.09 Å². The number of aliphatic hydroxyl groups excluding tert-OH is 1. The van der Waals surface area contributed by atoms with Crippen LogP contribution in [0.3, 0.4) is 0 Å². The van der Waals surface area contributed by atoms with Crippen LogP contribution in [0.4, 0.5) is 4.79 Å². The summed E-state index contributed by atoms with van der Waals surface area (Å²) in [4.78, 5) is 40.2. The van der Waals surface area contributed by atoms with E-state index in [1.54, 1.807) is 45.0 Å². The first kappa shape index (κ1) is 28.7. The first-order chi connectivity index (χ1) is 16.1. The second-order valence-corrected chi connectivity index (χ2v) is 8.83. The summed E-state index contributed by atoms with van der Waals surface area (Å²) < 4.78 is 5.20. The number of benzene rings is 1. The molecule has 34 heavy (non-hydrogen) atoms. The number of unbranched alkanes of at least 4 members (excludes halogenated alkanes) is 2. The van der Waals surface area contributed by atoms with E-state index in [0.717, 1.165) is 19.3 Å². The molecule has 0 saturated heterocycles. The quantitative estimate of drug-likeness (QED) is 0.247. The Labute approximate surface area is 202 Å². The molecule has 0 radical (unpaired) electrons. The van der Waals surface area contributed by atoms with Crippen molar-refractivity contribution in [3.05, 3.63) is 48.0 Å². The van der Waals surface area contributed by atoms with Gasteiger partial charge in [0.2, 0.25) is 11.8 Å². The molecule has 0 aromatic heterocycles. The monoisotopic (exact) mass is 471 g/mol. The minimum absolute atomic E-state index is 0.00920. The molecule has 186 valence electrons. The first-order valence-corrected chi connectivity index (χ1v) is 11.4. The third-order valence-corrected chi connectivity index (χ3v) is 4.81. The van der Waals surface area contributed by atoms with Crippen molar-refractivity contribution in [1.82, 2.24) is 15.5 Å². The molecule has 0 aliphatic carbocycles. The fourth-order valence-electron chi connectivity index (χ4n) is 3.21. The Hall–Kier alpha value is -3.31. The third-order valence-electron chi connectivity index (χ3n) is 4.81. The molecule has 0 spiro atoms. The van der Waals surface area contributed by atoms with Crippen LogP contribution in [-0.2, 0) is 14.3 Å². The Balaban J connectivity index is 3.27. The third kappa shape index (κ3) is 9.28. The van der Waals surface area contributed by atoms with Crippen molar-refractivity contribution in [2.45, 2.75) is 64.6 Å². The SMILES string of the molecule is C#Cc1ccc(C(C(=O)NCCCCC)N(CC=C)C(=O)C(CO)NC(=O)OC(C)(C)C)cc1. The van der Waals surface area contributed by atoms with Crippen LogP contribution in [0.15, 0.2) is 36.9 Å². The molecule has 8 nitrogen and oxygen atoms in total. The smallest absolute Gasteiger partial charge is 0.408 e. The van der Waals surface area contributed by atoms with Crippen molar-refractivity contribution in [1.29, 1.82) is 0 Å². The van der Waals surface area contributed by atoms with Gasteiger partial charge in [-0.25, -0.2) is 4.79 Å². The van der Waals surface area contributed by atoms with Crippen LogP contribution in [-0.4, -0.2) is 59.3 Å². The van der Waals surface area contributed by atoms with Crippen molar-refractivity contribution < 1.29 is 24.2 Å². The molecule has 8 heteroatoms. The molecule has 0 saturated carbocycles. The molecule has 3 N–H and O–H groups in total. The predicted molar refractivity (Wildman–Crippen MR) is 132 cm³/mol. The van der Waals surface area contributed by atoms with Crippen molar-refractivity contribution in [2.75, 3.05) is 19.7 Å². The second kappa shape index (κ2) is 14.1. The summed E-state index contributed by atoms with van der Waals surface area (Å²) in [5.41, 5.74) is 0.386. The second-order valence-electron chi connectivity index (χ2n) is 8.83. The van der Waals surface area contributed by atoms with Crippen LogP contribution >= 0.6 is 0 Å². The van der Waals surface area contributed by atoms with Gasteiger partial charge in [-0.1, -0.05) is 43.9 Å². The number of nitrogens with one attached hydrogen (secondary N) is 2. The van der Waals surface area contributed by atoms with Gasteiger partial charge in [-0.05, 0) is 44.9 Å². The van der Waals surface area contributed by atoms with Gasteiger partial charge in [0.25, 0.3) is 0 Å². The van der Waals surface area contributed by atoms with Gasteiger partial charge in [-0.2, -0.15) is 0 Å². The normalized spacial score (nSPS) is 12.6. The number of alkyl carbamates (subject to hydrolysis) is 1. The van der Waals surface area contributed by atoms with E-state index in [9.17, 15) is 19.5 Å². The minimum Gasteiger partial charge on any atom is -0.444 e. The number of rotatable bonds is 12. The molecule has 0 heterocycles. The maximum absolute atomic E-state index is 13.4. The van der Waals surface area contributed by atoms with Gasteiger partial charge in [0, 0.05) is 18.7 Å². The highest BCUT2D eigenvalue weighted by atomic mass is 16.6. The summed E-state index contributed by atoms with van der Waals surface area (Å²) >= 11 is 0. The molecule has 0 bridgehead atoms. The number of hydrogen-bond donors (Lipinski definition) is 3. The average Bonchev–Trinajstić information content (AvgIpc) is 2.78. The van der Waals surface area contributed by atoms with Crippen LogP contribution in [0.25, 0.3) is 0 Å². The van der Waals surface area contributed by atoms with E-state index in [4.69, 9.17) is 11.2 Å². The number of amides is 3. The van der Waals surface area contributed by atoms with Crippen LogP contribution in [0.1, 0.15) is 64.1 Å². The number of terminal acetylenes is 1. The number of ether oxygens (including phenoxy) is 1. The molecular weight excluding hydrogens is 434 g/mol. The average molecular weight is 472 g/mol. The summed E-state index contributed by atoms with van der Waals surface area (Å²) in [6.45, 7) is 10.6. The zero-order chi connectivity index (χ0) is 25.7. The molecule has 1 aromatic rings. The number of hydrogen-bond acceptors (Lipinski definition) is 5. The van der Waals surface area contributed by atoms with Crippen molar-refractivity contribution in [3.63, 3.8) is 0 Å². The summed E-state index contributed by atoms with van der Waals surface area (Å²) in [6.07, 6.45) is 8.85. The van der Waals surface area contributed by atoms with Gasteiger partial charge in [0.05, 0.1) is 6.61 Å². The number of carbonyl (C=O) groups is 3. The van der Waals surface area contributed by atoms with E-state index < -0.39 is 36.3 Å². The highest BCUT2D eigenvalue weighted by molar-refractivity contribution is 5.92. The Morgan fingerprint density at radius 2 is 1.88 bits per heavy atom.